The highest BCUT2D eigenvalue weighted by molar-refractivity contribution is 5.82. The van der Waals surface area contributed by atoms with E-state index < -0.39 is 5.97 Å². The van der Waals surface area contributed by atoms with Crippen LogP contribution in [-0.2, 0) is 0 Å². The van der Waals surface area contributed by atoms with E-state index in [9.17, 15) is 4.79 Å². The van der Waals surface area contributed by atoms with Crippen LogP contribution >= 0.6 is 0 Å². The fraction of sp³-hybridized carbons (Fsp3) is 0.429. The molecule has 0 aliphatic rings. The summed E-state index contributed by atoms with van der Waals surface area (Å²) in [5, 5.41) is 8.44. The van der Waals surface area contributed by atoms with Crippen LogP contribution in [0.15, 0.2) is 10.6 Å². The second-order valence-corrected chi connectivity index (χ2v) is 2.58. The largest absolute Gasteiger partial charge is 0.474 e. The van der Waals surface area contributed by atoms with E-state index in [0.29, 0.717) is 0 Å². The van der Waals surface area contributed by atoms with Gasteiger partial charge in [0.25, 0.3) is 0 Å². The van der Waals surface area contributed by atoms with Crippen molar-refractivity contribution < 1.29 is 19.1 Å². The van der Waals surface area contributed by atoms with Gasteiger partial charge in [0.05, 0.1) is 0 Å². The van der Waals surface area contributed by atoms with Crippen LogP contribution in [0.2, 0.25) is 0 Å². The summed E-state index contributed by atoms with van der Waals surface area (Å²) in [7, 11) is 0. The summed E-state index contributed by atoms with van der Waals surface area (Å²) >= 11 is 0. The number of ether oxygens (including phenoxy) is 1. The van der Waals surface area contributed by atoms with E-state index in [1.165, 1.54) is 6.20 Å². The topological polar surface area (TPSA) is 98.6 Å². The van der Waals surface area contributed by atoms with Crippen molar-refractivity contribution in [2.45, 2.75) is 13.0 Å². The molecule has 0 saturated heterocycles. The van der Waals surface area contributed by atoms with E-state index in [4.69, 9.17) is 20.0 Å². The summed E-state index contributed by atoms with van der Waals surface area (Å²) in [5.41, 5.74) is 5.40. The van der Waals surface area contributed by atoms with Crippen molar-refractivity contribution in [2.24, 2.45) is 5.73 Å². The molecule has 0 radical (unpaired) electrons. The number of hydrogen-bond donors (Lipinski definition) is 2. The summed E-state index contributed by atoms with van der Waals surface area (Å²) in [5.74, 6) is -1.55. The molecule has 6 heteroatoms. The summed E-state index contributed by atoms with van der Waals surface area (Å²) in [6.07, 6.45) is 1.20. The maximum atomic E-state index is 10.3. The van der Waals surface area contributed by atoms with Gasteiger partial charge in [-0.2, -0.15) is 0 Å². The molecule has 1 aromatic heterocycles. The van der Waals surface area contributed by atoms with Gasteiger partial charge in [-0.05, 0) is 6.92 Å². The van der Waals surface area contributed by atoms with Crippen molar-refractivity contribution in [1.82, 2.24) is 4.98 Å². The molecule has 0 amide bonds. The van der Waals surface area contributed by atoms with E-state index in [0.717, 1.165) is 0 Å². The highest BCUT2D eigenvalue weighted by Gasteiger charge is 2.11. The lowest BCUT2D eigenvalue weighted by molar-refractivity contribution is 0.0644. The molecular weight excluding hydrogens is 176 g/mol. The Balaban J connectivity index is 2.54. The smallest absolute Gasteiger partial charge is 0.392 e. The van der Waals surface area contributed by atoms with Gasteiger partial charge in [-0.25, -0.2) is 9.78 Å². The Bertz CT molecular complexity index is 294. The summed E-state index contributed by atoms with van der Waals surface area (Å²) in [4.78, 5) is 13.8. The second kappa shape index (κ2) is 3.90. The summed E-state index contributed by atoms with van der Waals surface area (Å²) in [6, 6.07) is -0.140. The molecule has 6 nitrogen and oxygen atoms in total. The monoisotopic (exact) mass is 186 g/mol. The van der Waals surface area contributed by atoms with Crippen molar-refractivity contribution >= 4 is 5.97 Å². The van der Waals surface area contributed by atoms with Crippen molar-refractivity contribution in [3.8, 4) is 5.95 Å². The Morgan fingerprint density at radius 3 is 3.08 bits per heavy atom. The average molecular weight is 186 g/mol. The minimum Gasteiger partial charge on any atom is -0.474 e. The Morgan fingerprint density at radius 2 is 2.62 bits per heavy atom. The molecule has 1 unspecified atom stereocenters. The molecule has 1 rings (SSSR count). The minimum absolute atomic E-state index is 0.0645. The second-order valence-electron chi connectivity index (χ2n) is 2.58. The zero-order valence-corrected chi connectivity index (χ0v) is 7.06. The number of nitrogens with two attached hydrogens (primary N) is 1. The summed E-state index contributed by atoms with van der Waals surface area (Å²) < 4.78 is 9.69. The lowest BCUT2D eigenvalue weighted by Crippen LogP contribution is -2.23. The molecule has 3 N–H and O–H groups in total. The highest BCUT2D eigenvalue weighted by Crippen LogP contribution is 2.12. The molecule has 0 saturated carbocycles. The molecule has 1 aromatic rings. The van der Waals surface area contributed by atoms with Crippen molar-refractivity contribution in [1.29, 1.82) is 0 Å². The third-order valence-electron chi connectivity index (χ3n) is 1.16. The van der Waals surface area contributed by atoms with Crippen LogP contribution in [0.4, 0.5) is 0 Å². The Hall–Kier alpha value is -1.56. The molecule has 0 fully saturated rings. The number of hydrogen-bond acceptors (Lipinski definition) is 5. The number of carboxylic acid groups (broad SMARTS) is 1. The fourth-order valence-corrected chi connectivity index (χ4v) is 0.639. The van der Waals surface area contributed by atoms with Crippen LogP contribution in [-0.4, -0.2) is 28.7 Å². The normalized spacial score (nSPS) is 12.5. The third kappa shape index (κ3) is 2.75. The quantitative estimate of drug-likeness (QED) is 0.691. The van der Waals surface area contributed by atoms with Gasteiger partial charge < -0.3 is 20.0 Å². The molecule has 0 aliphatic heterocycles. The van der Waals surface area contributed by atoms with Crippen LogP contribution in [0.5, 0.6) is 5.95 Å². The molecule has 0 aliphatic carbocycles. The van der Waals surface area contributed by atoms with Crippen molar-refractivity contribution in [2.75, 3.05) is 6.61 Å². The Kier molecular flexibility index (Phi) is 2.86. The standard InChI is InChI=1S/C7H10N2O4/c1-4(8)3-12-5-2-9-6(13-5)7(10)11/h2,4H,3,8H2,1H3,(H,10,11). The number of oxazole rings is 1. The van der Waals surface area contributed by atoms with Crippen LogP contribution < -0.4 is 10.5 Å². The van der Waals surface area contributed by atoms with E-state index in [-0.39, 0.29) is 24.5 Å². The van der Waals surface area contributed by atoms with Gasteiger partial charge in [0.2, 0.25) is 0 Å². The summed E-state index contributed by atoms with van der Waals surface area (Å²) in [6.45, 7) is 2.02. The van der Waals surface area contributed by atoms with Crippen molar-refractivity contribution in [3.05, 3.63) is 12.1 Å². The maximum Gasteiger partial charge on any atom is 0.392 e. The number of nitrogens with zero attached hydrogens (tertiary/aromatic N) is 1. The lowest BCUT2D eigenvalue weighted by Gasteiger charge is -2.03. The third-order valence-corrected chi connectivity index (χ3v) is 1.16. The van der Waals surface area contributed by atoms with Crippen LogP contribution in [0, 0.1) is 0 Å². The Labute approximate surface area is 74.3 Å². The van der Waals surface area contributed by atoms with Crippen LogP contribution in [0.25, 0.3) is 0 Å². The van der Waals surface area contributed by atoms with Gasteiger partial charge in [-0.3, -0.25) is 0 Å². The van der Waals surface area contributed by atoms with Crippen molar-refractivity contribution in [3.63, 3.8) is 0 Å². The Morgan fingerprint density at radius 1 is 1.92 bits per heavy atom. The molecule has 72 valence electrons. The first-order valence-electron chi connectivity index (χ1n) is 3.67. The first-order valence-corrected chi connectivity index (χ1v) is 3.67. The van der Waals surface area contributed by atoms with Crippen LogP contribution in [0.1, 0.15) is 17.6 Å². The van der Waals surface area contributed by atoms with E-state index in [2.05, 4.69) is 4.98 Å². The number of aromatic carboxylic acids is 1. The van der Waals surface area contributed by atoms with E-state index in [1.807, 2.05) is 0 Å². The highest BCUT2D eigenvalue weighted by atomic mass is 16.6. The molecule has 0 spiro atoms. The number of rotatable bonds is 4. The zero-order valence-electron chi connectivity index (χ0n) is 7.06. The fourth-order valence-electron chi connectivity index (χ4n) is 0.639. The van der Waals surface area contributed by atoms with Gasteiger partial charge in [-0.1, -0.05) is 0 Å². The maximum absolute atomic E-state index is 10.3. The number of carbonyl (C=O) groups is 1. The number of carboxylic acids is 1. The molecule has 1 atom stereocenters. The lowest BCUT2D eigenvalue weighted by atomic mass is 10.4. The van der Waals surface area contributed by atoms with Gasteiger partial charge in [-0.15, -0.1) is 0 Å². The van der Waals surface area contributed by atoms with Gasteiger partial charge in [0.1, 0.15) is 12.8 Å². The number of aromatic nitrogens is 1. The molecular formula is C7H10N2O4. The molecule has 13 heavy (non-hydrogen) atoms. The van der Waals surface area contributed by atoms with Crippen LogP contribution in [0.3, 0.4) is 0 Å². The van der Waals surface area contributed by atoms with Gasteiger partial charge >= 0.3 is 17.8 Å². The zero-order chi connectivity index (χ0) is 9.84. The van der Waals surface area contributed by atoms with Gasteiger partial charge in [0, 0.05) is 6.04 Å². The van der Waals surface area contributed by atoms with E-state index in [1.54, 1.807) is 6.92 Å². The predicted molar refractivity (Wildman–Crippen MR) is 42.6 cm³/mol. The predicted octanol–water partition coefficient (Wildman–Crippen LogP) is 0.0988. The van der Waals surface area contributed by atoms with E-state index >= 15 is 0 Å². The molecule has 0 bridgehead atoms. The molecule has 1 heterocycles. The first-order chi connectivity index (χ1) is 6.09. The van der Waals surface area contributed by atoms with Gasteiger partial charge in [0.15, 0.2) is 0 Å². The average Bonchev–Trinajstić information content (AvgIpc) is 2.48. The minimum atomic E-state index is -1.23. The molecule has 0 aromatic carbocycles. The first kappa shape index (κ1) is 9.53. The SMILES string of the molecule is CC(N)COc1cnc(C(=O)O)o1.